The zero-order valence-electron chi connectivity index (χ0n) is 11.6. The van der Waals surface area contributed by atoms with Crippen molar-refractivity contribution >= 4 is 22.4 Å². The molecule has 4 nitrogen and oxygen atoms in total. The fourth-order valence-electron chi connectivity index (χ4n) is 2.11. The van der Waals surface area contributed by atoms with Crippen LogP contribution in [0.25, 0.3) is 11.1 Å². The van der Waals surface area contributed by atoms with Crippen LogP contribution < -0.4 is 10.6 Å². The average molecular weight is 276 g/mol. The molecular weight excluding hydrogens is 256 g/mol. The number of pyridine rings is 1. The number of nitrogen functional groups attached to an aromatic ring is 1. The van der Waals surface area contributed by atoms with Gasteiger partial charge in [-0.1, -0.05) is 13.0 Å². The molecule has 2 heterocycles. The summed E-state index contributed by atoms with van der Waals surface area (Å²) in [7, 11) is 0. The molecule has 0 saturated carbocycles. The topological polar surface area (TPSA) is 55.0 Å². The predicted molar refractivity (Wildman–Crippen MR) is 82.5 cm³/mol. The summed E-state index contributed by atoms with van der Waals surface area (Å²) in [4.78, 5) is 6.53. The SMILES string of the molecule is CCCN(c1snc(N)c1-c1cccnc1)C(C)C. The van der Waals surface area contributed by atoms with Gasteiger partial charge in [-0.3, -0.25) is 4.98 Å². The number of anilines is 2. The second-order valence-corrected chi connectivity index (χ2v) is 5.53. The van der Waals surface area contributed by atoms with Gasteiger partial charge in [0.05, 0.1) is 5.56 Å². The van der Waals surface area contributed by atoms with Gasteiger partial charge in [0.25, 0.3) is 0 Å². The number of rotatable bonds is 5. The maximum absolute atomic E-state index is 6.05. The van der Waals surface area contributed by atoms with Gasteiger partial charge in [-0.15, -0.1) is 0 Å². The van der Waals surface area contributed by atoms with Crippen molar-refractivity contribution < 1.29 is 0 Å². The minimum atomic E-state index is 0.426. The molecule has 2 aromatic rings. The molecule has 0 aromatic carbocycles. The molecule has 2 aromatic heterocycles. The van der Waals surface area contributed by atoms with E-state index in [1.54, 1.807) is 6.20 Å². The number of nitrogens with two attached hydrogens (primary N) is 1. The molecule has 0 saturated heterocycles. The van der Waals surface area contributed by atoms with Gasteiger partial charge in [0, 0.05) is 30.5 Å². The summed E-state index contributed by atoms with van der Waals surface area (Å²) >= 11 is 1.47. The Kier molecular flexibility index (Phi) is 4.37. The minimum Gasteiger partial charge on any atom is -0.382 e. The number of hydrogen-bond acceptors (Lipinski definition) is 5. The van der Waals surface area contributed by atoms with Crippen molar-refractivity contribution in [3.05, 3.63) is 24.5 Å². The highest BCUT2D eigenvalue weighted by molar-refractivity contribution is 7.11. The Morgan fingerprint density at radius 2 is 2.21 bits per heavy atom. The summed E-state index contributed by atoms with van der Waals surface area (Å²) in [6.45, 7) is 7.58. The Morgan fingerprint density at radius 1 is 1.42 bits per heavy atom. The normalized spacial score (nSPS) is 10.9. The molecular formula is C14H20N4S. The second-order valence-electron chi connectivity index (χ2n) is 4.78. The average Bonchev–Trinajstić information content (AvgIpc) is 2.78. The highest BCUT2D eigenvalue weighted by Gasteiger charge is 2.20. The number of aromatic nitrogens is 2. The molecule has 2 N–H and O–H groups in total. The first kappa shape index (κ1) is 13.8. The van der Waals surface area contributed by atoms with E-state index in [0.29, 0.717) is 11.9 Å². The molecule has 102 valence electrons. The zero-order chi connectivity index (χ0) is 13.8. The zero-order valence-corrected chi connectivity index (χ0v) is 12.4. The first-order valence-corrected chi connectivity index (χ1v) is 7.34. The highest BCUT2D eigenvalue weighted by atomic mass is 32.1. The van der Waals surface area contributed by atoms with Gasteiger partial charge in [0.1, 0.15) is 10.8 Å². The first-order chi connectivity index (χ1) is 9.15. The Labute approximate surface area is 118 Å². The van der Waals surface area contributed by atoms with E-state index in [-0.39, 0.29) is 0 Å². The third kappa shape index (κ3) is 2.87. The lowest BCUT2D eigenvalue weighted by atomic mass is 10.1. The smallest absolute Gasteiger partial charge is 0.147 e. The molecule has 0 bridgehead atoms. The summed E-state index contributed by atoms with van der Waals surface area (Å²) in [5.41, 5.74) is 8.10. The third-order valence-electron chi connectivity index (χ3n) is 3.00. The van der Waals surface area contributed by atoms with Crippen LogP contribution in [0.1, 0.15) is 27.2 Å². The monoisotopic (exact) mass is 276 g/mol. The lowest BCUT2D eigenvalue weighted by Gasteiger charge is -2.27. The lowest BCUT2D eigenvalue weighted by Crippen LogP contribution is -2.31. The molecule has 0 unspecified atom stereocenters. The molecule has 0 atom stereocenters. The quantitative estimate of drug-likeness (QED) is 0.909. The van der Waals surface area contributed by atoms with Crippen LogP contribution in [0.5, 0.6) is 0 Å². The van der Waals surface area contributed by atoms with Crippen LogP contribution in [0.2, 0.25) is 0 Å². The van der Waals surface area contributed by atoms with Crippen LogP contribution in [0.4, 0.5) is 10.8 Å². The van der Waals surface area contributed by atoms with Gasteiger partial charge in [-0.25, -0.2) is 0 Å². The van der Waals surface area contributed by atoms with Crippen LogP contribution in [0.15, 0.2) is 24.5 Å². The standard InChI is InChI=1S/C14H20N4S/c1-4-8-18(10(2)3)14-12(13(15)17-19-14)11-6-5-7-16-9-11/h5-7,9-10H,4,8H2,1-3H3,(H2,15,17). The van der Waals surface area contributed by atoms with Crippen molar-refractivity contribution in [1.29, 1.82) is 0 Å². The van der Waals surface area contributed by atoms with Crippen molar-refractivity contribution in [2.75, 3.05) is 17.2 Å². The molecule has 0 spiro atoms. The Morgan fingerprint density at radius 3 is 2.79 bits per heavy atom. The van der Waals surface area contributed by atoms with E-state index < -0.39 is 0 Å². The summed E-state index contributed by atoms with van der Waals surface area (Å²) in [6.07, 6.45) is 4.71. The van der Waals surface area contributed by atoms with Gasteiger partial charge < -0.3 is 10.6 Å². The van der Waals surface area contributed by atoms with Gasteiger partial charge >= 0.3 is 0 Å². The molecule has 0 aliphatic rings. The van der Waals surface area contributed by atoms with Crippen LogP contribution >= 0.6 is 11.5 Å². The first-order valence-electron chi connectivity index (χ1n) is 6.57. The van der Waals surface area contributed by atoms with E-state index in [2.05, 4.69) is 35.0 Å². The van der Waals surface area contributed by atoms with E-state index in [0.717, 1.165) is 29.1 Å². The molecule has 0 amide bonds. The molecule has 2 rings (SSSR count). The van der Waals surface area contributed by atoms with E-state index in [1.165, 1.54) is 11.5 Å². The fourth-order valence-corrected chi connectivity index (χ4v) is 3.10. The Hall–Kier alpha value is -1.62. The van der Waals surface area contributed by atoms with Crippen LogP contribution in [-0.4, -0.2) is 21.9 Å². The molecule has 19 heavy (non-hydrogen) atoms. The van der Waals surface area contributed by atoms with E-state index in [1.807, 2.05) is 18.3 Å². The summed E-state index contributed by atoms with van der Waals surface area (Å²) < 4.78 is 4.33. The van der Waals surface area contributed by atoms with Crippen molar-refractivity contribution in [2.45, 2.75) is 33.2 Å². The van der Waals surface area contributed by atoms with Crippen LogP contribution in [-0.2, 0) is 0 Å². The van der Waals surface area contributed by atoms with Crippen molar-refractivity contribution in [3.8, 4) is 11.1 Å². The third-order valence-corrected chi connectivity index (χ3v) is 3.90. The highest BCUT2D eigenvalue weighted by Crippen LogP contribution is 2.39. The second kappa shape index (κ2) is 6.02. The molecule has 0 fully saturated rings. The van der Waals surface area contributed by atoms with Crippen LogP contribution in [0, 0.1) is 0 Å². The molecule has 0 aliphatic carbocycles. The van der Waals surface area contributed by atoms with Crippen molar-refractivity contribution in [2.24, 2.45) is 0 Å². The summed E-state index contributed by atoms with van der Waals surface area (Å²) in [5, 5.41) is 1.14. The minimum absolute atomic E-state index is 0.426. The molecule has 5 heteroatoms. The maximum atomic E-state index is 6.05. The Bertz CT molecular complexity index is 521. The van der Waals surface area contributed by atoms with E-state index in [4.69, 9.17) is 5.73 Å². The lowest BCUT2D eigenvalue weighted by molar-refractivity contribution is 0.677. The van der Waals surface area contributed by atoms with Gasteiger partial charge in [0.2, 0.25) is 0 Å². The predicted octanol–water partition coefficient (Wildman–Crippen LogP) is 3.41. The van der Waals surface area contributed by atoms with E-state index >= 15 is 0 Å². The molecule has 0 aliphatic heterocycles. The maximum Gasteiger partial charge on any atom is 0.147 e. The van der Waals surface area contributed by atoms with Gasteiger partial charge in [0.15, 0.2) is 0 Å². The van der Waals surface area contributed by atoms with Crippen molar-refractivity contribution in [1.82, 2.24) is 9.36 Å². The largest absolute Gasteiger partial charge is 0.382 e. The van der Waals surface area contributed by atoms with Crippen molar-refractivity contribution in [3.63, 3.8) is 0 Å². The molecule has 0 radical (unpaired) electrons. The van der Waals surface area contributed by atoms with E-state index in [9.17, 15) is 0 Å². The fraction of sp³-hybridized carbons (Fsp3) is 0.429. The Balaban J connectivity index is 2.47. The number of hydrogen-bond donors (Lipinski definition) is 1. The summed E-state index contributed by atoms with van der Waals surface area (Å²) in [6, 6.07) is 4.38. The number of nitrogens with zero attached hydrogens (tertiary/aromatic N) is 3. The summed E-state index contributed by atoms with van der Waals surface area (Å²) in [5.74, 6) is 0.592. The van der Waals surface area contributed by atoms with Gasteiger partial charge in [-0.05, 0) is 37.9 Å². The van der Waals surface area contributed by atoms with Crippen LogP contribution in [0.3, 0.4) is 0 Å². The van der Waals surface area contributed by atoms with Gasteiger partial charge in [-0.2, -0.15) is 4.37 Å².